The lowest BCUT2D eigenvalue weighted by atomic mass is 10.2. The summed E-state index contributed by atoms with van der Waals surface area (Å²) in [5.41, 5.74) is 0. The number of nitrogens with one attached hydrogen (secondary N) is 1. The highest BCUT2D eigenvalue weighted by Gasteiger charge is 2.18. The Morgan fingerprint density at radius 3 is 2.50 bits per heavy atom. The summed E-state index contributed by atoms with van der Waals surface area (Å²) in [5, 5.41) is 11.1. The SMILES string of the molecule is CCCC(NC(=O)COCC)C(=O)O. The highest BCUT2D eigenvalue weighted by atomic mass is 16.5. The van der Waals surface area contributed by atoms with Crippen molar-refractivity contribution in [2.75, 3.05) is 13.2 Å². The van der Waals surface area contributed by atoms with E-state index in [0.29, 0.717) is 19.4 Å². The fraction of sp³-hybridized carbons (Fsp3) is 0.778. The van der Waals surface area contributed by atoms with E-state index in [1.54, 1.807) is 6.92 Å². The molecule has 0 heterocycles. The molecular formula is C9H17NO4. The fourth-order valence-corrected chi connectivity index (χ4v) is 0.977. The second-order valence-electron chi connectivity index (χ2n) is 2.88. The van der Waals surface area contributed by atoms with Gasteiger partial charge in [0.2, 0.25) is 5.91 Å². The molecule has 0 aliphatic rings. The molecule has 0 bridgehead atoms. The van der Waals surface area contributed by atoms with Crippen molar-refractivity contribution >= 4 is 11.9 Å². The van der Waals surface area contributed by atoms with Gasteiger partial charge in [-0.15, -0.1) is 0 Å². The first kappa shape index (κ1) is 12.9. The van der Waals surface area contributed by atoms with Crippen LogP contribution in [-0.4, -0.2) is 36.2 Å². The molecule has 0 rings (SSSR count). The van der Waals surface area contributed by atoms with Crippen LogP contribution in [0.3, 0.4) is 0 Å². The highest BCUT2D eigenvalue weighted by Crippen LogP contribution is 1.96. The van der Waals surface area contributed by atoms with Crippen molar-refractivity contribution in [2.24, 2.45) is 0 Å². The van der Waals surface area contributed by atoms with Crippen molar-refractivity contribution in [1.29, 1.82) is 0 Å². The van der Waals surface area contributed by atoms with E-state index >= 15 is 0 Å². The van der Waals surface area contributed by atoms with E-state index < -0.39 is 12.0 Å². The molecule has 0 aromatic rings. The maximum Gasteiger partial charge on any atom is 0.326 e. The lowest BCUT2D eigenvalue weighted by Gasteiger charge is -2.13. The van der Waals surface area contributed by atoms with Crippen molar-refractivity contribution in [2.45, 2.75) is 32.7 Å². The highest BCUT2D eigenvalue weighted by molar-refractivity contribution is 5.84. The van der Waals surface area contributed by atoms with E-state index in [1.807, 2.05) is 6.92 Å². The summed E-state index contributed by atoms with van der Waals surface area (Å²) >= 11 is 0. The maximum atomic E-state index is 11.1. The second-order valence-corrected chi connectivity index (χ2v) is 2.88. The number of aliphatic carboxylic acids is 1. The lowest BCUT2D eigenvalue weighted by molar-refractivity contribution is -0.142. The summed E-state index contributed by atoms with van der Waals surface area (Å²) in [6, 6.07) is -0.798. The van der Waals surface area contributed by atoms with Crippen molar-refractivity contribution in [3.8, 4) is 0 Å². The first-order valence-electron chi connectivity index (χ1n) is 4.71. The number of rotatable bonds is 7. The molecule has 0 fully saturated rings. The minimum Gasteiger partial charge on any atom is -0.480 e. The quantitative estimate of drug-likeness (QED) is 0.627. The van der Waals surface area contributed by atoms with Gasteiger partial charge in [0.1, 0.15) is 12.6 Å². The average molecular weight is 203 g/mol. The van der Waals surface area contributed by atoms with E-state index in [2.05, 4.69) is 5.32 Å². The van der Waals surface area contributed by atoms with Gasteiger partial charge < -0.3 is 15.2 Å². The Morgan fingerprint density at radius 2 is 2.07 bits per heavy atom. The molecule has 1 atom stereocenters. The zero-order valence-electron chi connectivity index (χ0n) is 8.58. The average Bonchev–Trinajstić information content (AvgIpc) is 2.14. The van der Waals surface area contributed by atoms with E-state index in [9.17, 15) is 9.59 Å². The smallest absolute Gasteiger partial charge is 0.326 e. The number of carbonyl (C=O) groups is 2. The Labute approximate surface area is 83.4 Å². The lowest BCUT2D eigenvalue weighted by Crippen LogP contribution is -2.42. The van der Waals surface area contributed by atoms with Crippen LogP contribution in [0.2, 0.25) is 0 Å². The van der Waals surface area contributed by atoms with Crippen LogP contribution in [0.1, 0.15) is 26.7 Å². The van der Waals surface area contributed by atoms with Crippen LogP contribution >= 0.6 is 0 Å². The molecule has 0 aromatic heterocycles. The Balaban J connectivity index is 3.90. The van der Waals surface area contributed by atoms with Crippen LogP contribution in [0.5, 0.6) is 0 Å². The van der Waals surface area contributed by atoms with E-state index in [0.717, 1.165) is 0 Å². The first-order chi connectivity index (χ1) is 6.61. The van der Waals surface area contributed by atoms with Gasteiger partial charge in [-0.05, 0) is 13.3 Å². The Bertz CT molecular complexity index is 193. The summed E-state index contributed by atoms with van der Waals surface area (Å²) < 4.78 is 4.85. The van der Waals surface area contributed by atoms with Gasteiger partial charge in [0, 0.05) is 6.61 Å². The van der Waals surface area contributed by atoms with Gasteiger partial charge in [-0.1, -0.05) is 13.3 Å². The summed E-state index contributed by atoms with van der Waals surface area (Å²) in [6.07, 6.45) is 1.15. The third kappa shape index (κ3) is 5.53. The molecule has 1 unspecified atom stereocenters. The normalized spacial score (nSPS) is 12.1. The van der Waals surface area contributed by atoms with E-state index in [4.69, 9.17) is 9.84 Å². The number of carboxylic acids is 1. The Kier molecular flexibility index (Phi) is 6.74. The number of carboxylic acid groups (broad SMARTS) is 1. The zero-order chi connectivity index (χ0) is 11.0. The monoisotopic (exact) mass is 203 g/mol. The molecule has 14 heavy (non-hydrogen) atoms. The maximum absolute atomic E-state index is 11.1. The molecular weight excluding hydrogens is 186 g/mol. The largest absolute Gasteiger partial charge is 0.480 e. The number of ether oxygens (including phenoxy) is 1. The third-order valence-electron chi connectivity index (χ3n) is 1.65. The second kappa shape index (κ2) is 7.32. The molecule has 0 spiro atoms. The molecule has 0 radical (unpaired) electrons. The summed E-state index contributed by atoms with van der Waals surface area (Å²) in [4.78, 5) is 21.7. The zero-order valence-corrected chi connectivity index (χ0v) is 8.58. The van der Waals surface area contributed by atoms with Crippen molar-refractivity contribution in [3.63, 3.8) is 0 Å². The van der Waals surface area contributed by atoms with Crippen LogP contribution in [0.25, 0.3) is 0 Å². The van der Waals surface area contributed by atoms with Crippen LogP contribution in [0, 0.1) is 0 Å². The summed E-state index contributed by atoms with van der Waals surface area (Å²) in [6.45, 7) is 4.00. The molecule has 1 amide bonds. The van der Waals surface area contributed by atoms with Crippen LogP contribution in [-0.2, 0) is 14.3 Å². The number of hydrogen-bond donors (Lipinski definition) is 2. The molecule has 82 valence electrons. The molecule has 0 aromatic carbocycles. The predicted molar refractivity (Wildman–Crippen MR) is 51.0 cm³/mol. The molecule has 5 nitrogen and oxygen atoms in total. The minimum absolute atomic E-state index is 0.0794. The Morgan fingerprint density at radius 1 is 1.43 bits per heavy atom. The number of hydrogen-bond acceptors (Lipinski definition) is 3. The molecule has 0 aliphatic heterocycles. The van der Waals surface area contributed by atoms with Crippen LogP contribution in [0.4, 0.5) is 0 Å². The molecule has 2 N–H and O–H groups in total. The van der Waals surface area contributed by atoms with Gasteiger partial charge in [-0.3, -0.25) is 4.79 Å². The van der Waals surface area contributed by atoms with E-state index in [-0.39, 0.29) is 12.5 Å². The van der Waals surface area contributed by atoms with Gasteiger partial charge in [0.05, 0.1) is 0 Å². The standard InChI is InChI=1S/C9H17NO4/c1-3-5-7(9(12)13)10-8(11)6-14-4-2/h7H,3-6H2,1-2H3,(H,10,11)(H,12,13). The number of amides is 1. The van der Waals surface area contributed by atoms with E-state index in [1.165, 1.54) is 0 Å². The van der Waals surface area contributed by atoms with Crippen molar-refractivity contribution in [1.82, 2.24) is 5.32 Å². The van der Waals surface area contributed by atoms with Gasteiger partial charge in [-0.25, -0.2) is 4.79 Å². The van der Waals surface area contributed by atoms with Crippen LogP contribution < -0.4 is 5.32 Å². The molecule has 5 heteroatoms. The van der Waals surface area contributed by atoms with Gasteiger partial charge in [-0.2, -0.15) is 0 Å². The minimum atomic E-state index is -1.00. The molecule has 0 aliphatic carbocycles. The molecule has 0 saturated carbocycles. The van der Waals surface area contributed by atoms with Gasteiger partial charge >= 0.3 is 5.97 Å². The topological polar surface area (TPSA) is 75.6 Å². The number of carbonyl (C=O) groups excluding carboxylic acids is 1. The Hall–Kier alpha value is -1.10. The third-order valence-corrected chi connectivity index (χ3v) is 1.65. The van der Waals surface area contributed by atoms with Gasteiger partial charge in [0.25, 0.3) is 0 Å². The van der Waals surface area contributed by atoms with Gasteiger partial charge in [0.15, 0.2) is 0 Å². The van der Waals surface area contributed by atoms with Crippen LogP contribution in [0.15, 0.2) is 0 Å². The first-order valence-corrected chi connectivity index (χ1v) is 4.71. The fourth-order valence-electron chi connectivity index (χ4n) is 0.977. The predicted octanol–water partition coefficient (Wildman–Crippen LogP) is 0.392. The van der Waals surface area contributed by atoms with Crippen molar-refractivity contribution in [3.05, 3.63) is 0 Å². The van der Waals surface area contributed by atoms with Crippen molar-refractivity contribution < 1.29 is 19.4 Å². The summed E-state index contributed by atoms with van der Waals surface area (Å²) in [5.74, 6) is -1.38. The molecule has 0 saturated heterocycles. The summed E-state index contributed by atoms with van der Waals surface area (Å²) in [7, 11) is 0.